The van der Waals surface area contributed by atoms with E-state index in [0.717, 1.165) is 6.42 Å². The number of rotatable bonds is 0. The molecule has 2 heterocycles. The van der Waals surface area contributed by atoms with E-state index in [2.05, 4.69) is 0 Å². The monoisotopic (exact) mass is 156 g/mol. The van der Waals surface area contributed by atoms with Gasteiger partial charge in [0.05, 0.1) is 18.3 Å². The SMILES string of the molecule is O[C@@H]1C[C@@H](O)[C@H]2CC=C[C@@H]1O2. The third kappa shape index (κ3) is 1.20. The van der Waals surface area contributed by atoms with E-state index >= 15 is 0 Å². The minimum atomic E-state index is -0.530. The summed E-state index contributed by atoms with van der Waals surface area (Å²) in [6.45, 7) is 0. The van der Waals surface area contributed by atoms with Crippen molar-refractivity contribution in [1.29, 1.82) is 0 Å². The van der Waals surface area contributed by atoms with Crippen molar-refractivity contribution in [3.8, 4) is 0 Å². The molecule has 62 valence electrons. The normalized spacial score (nSPS) is 49.3. The molecular formula is C8H12O3. The fraction of sp³-hybridized carbons (Fsp3) is 0.750. The summed E-state index contributed by atoms with van der Waals surface area (Å²) in [7, 11) is 0. The molecule has 2 N–H and O–H groups in total. The molecule has 4 atom stereocenters. The van der Waals surface area contributed by atoms with Crippen molar-refractivity contribution in [2.75, 3.05) is 0 Å². The van der Waals surface area contributed by atoms with Gasteiger partial charge in [0, 0.05) is 6.42 Å². The van der Waals surface area contributed by atoms with E-state index in [1.807, 2.05) is 12.2 Å². The Morgan fingerprint density at radius 3 is 2.91 bits per heavy atom. The Bertz CT molecular complexity index is 178. The van der Waals surface area contributed by atoms with Crippen LogP contribution in [0.4, 0.5) is 0 Å². The van der Waals surface area contributed by atoms with Gasteiger partial charge in [-0.1, -0.05) is 12.2 Å². The van der Waals surface area contributed by atoms with Crippen LogP contribution in [0, 0.1) is 0 Å². The molecule has 11 heavy (non-hydrogen) atoms. The van der Waals surface area contributed by atoms with Gasteiger partial charge in [-0.25, -0.2) is 0 Å². The van der Waals surface area contributed by atoms with Crippen LogP contribution in [0.15, 0.2) is 12.2 Å². The van der Waals surface area contributed by atoms with Gasteiger partial charge in [0.1, 0.15) is 6.10 Å². The maximum absolute atomic E-state index is 9.37. The summed E-state index contributed by atoms with van der Waals surface area (Å²) in [5, 5.41) is 18.7. The fourth-order valence-electron chi connectivity index (χ4n) is 1.65. The molecule has 0 amide bonds. The van der Waals surface area contributed by atoms with Crippen molar-refractivity contribution in [3.05, 3.63) is 12.2 Å². The quantitative estimate of drug-likeness (QED) is 0.478. The van der Waals surface area contributed by atoms with Crippen molar-refractivity contribution in [2.24, 2.45) is 0 Å². The number of hydrogen-bond acceptors (Lipinski definition) is 3. The van der Waals surface area contributed by atoms with E-state index in [4.69, 9.17) is 4.74 Å². The number of hydrogen-bond donors (Lipinski definition) is 2. The van der Waals surface area contributed by atoms with Crippen LogP contribution >= 0.6 is 0 Å². The molecule has 0 aromatic heterocycles. The number of fused-ring (bicyclic) bond motifs is 2. The Morgan fingerprint density at radius 1 is 1.27 bits per heavy atom. The van der Waals surface area contributed by atoms with Crippen molar-refractivity contribution in [1.82, 2.24) is 0 Å². The van der Waals surface area contributed by atoms with E-state index in [-0.39, 0.29) is 12.2 Å². The first kappa shape index (κ1) is 7.28. The Kier molecular flexibility index (Phi) is 1.71. The Balaban J connectivity index is 2.15. The minimum absolute atomic E-state index is 0.0894. The highest BCUT2D eigenvalue weighted by atomic mass is 16.5. The standard InChI is InChI=1S/C8H12O3/c9-5-4-6(10)8-3-1-2-7(5)11-8/h1-2,5-10H,3-4H2/t5-,6-,7+,8-/m1/s1. The first-order valence-corrected chi connectivity index (χ1v) is 3.95. The van der Waals surface area contributed by atoms with E-state index in [0.29, 0.717) is 6.42 Å². The number of aliphatic hydroxyl groups excluding tert-OH is 2. The van der Waals surface area contributed by atoms with Crippen LogP contribution in [0.2, 0.25) is 0 Å². The Hall–Kier alpha value is -0.380. The third-order valence-electron chi connectivity index (χ3n) is 2.32. The summed E-state index contributed by atoms with van der Waals surface area (Å²) < 4.78 is 5.36. The molecule has 0 radical (unpaired) electrons. The fourth-order valence-corrected chi connectivity index (χ4v) is 1.65. The smallest absolute Gasteiger partial charge is 0.102 e. The highest BCUT2D eigenvalue weighted by molar-refractivity contribution is 5.04. The summed E-state index contributed by atoms with van der Waals surface area (Å²) in [5.41, 5.74) is 0. The van der Waals surface area contributed by atoms with Crippen LogP contribution in [0.1, 0.15) is 12.8 Å². The predicted octanol–water partition coefficient (Wildman–Crippen LogP) is -0.174. The maximum Gasteiger partial charge on any atom is 0.102 e. The predicted molar refractivity (Wildman–Crippen MR) is 39.0 cm³/mol. The first-order chi connectivity index (χ1) is 5.27. The topological polar surface area (TPSA) is 49.7 Å². The Labute approximate surface area is 65.3 Å². The lowest BCUT2D eigenvalue weighted by atomic mass is 9.92. The zero-order valence-electron chi connectivity index (χ0n) is 6.18. The van der Waals surface area contributed by atoms with Gasteiger partial charge in [0.2, 0.25) is 0 Å². The van der Waals surface area contributed by atoms with Crippen LogP contribution in [0.3, 0.4) is 0 Å². The van der Waals surface area contributed by atoms with E-state index in [1.165, 1.54) is 0 Å². The van der Waals surface area contributed by atoms with Crippen LogP contribution in [0.5, 0.6) is 0 Å². The molecule has 0 aliphatic carbocycles. The van der Waals surface area contributed by atoms with Gasteiger partial charge in [-0.05, 0) is 6.42 Å². The molecule has 2 bridgehead atoms. The first-order valence-electron chi connectivity index (χ1n) is 3.95. The molecule has 2 aliphatic heterocycles. The molecule has 0 unspecified atom stereocenters. The molecule has 1 fully saturated rings. The molecular weight excluding hydrogens is 144 g/mol. The Morgan fingerprint density at radius 2 is 2.09 bits per heavy atom. The maximum atomic E-state index is 9.37. The second kappa shape index (κ2) is 2.59. The molecule has 2 rings (SSSR count). The second-order valence-electron chi connectivity index (χ2n) is 3.17. The molecule has 0 aromatic rings. The van der Waals surface area contributed by atoms with Gasteiger partial charge >= 0.3 is 0 Å². The molecule has 1 saturated heterocycles. The lowest BCUT2D eigenvalue weighted by Crippen LogP contribution is -2.47. The molecule has 0 aromatic carbocycles. The third-order valence-corrected chi connectivity index (χ3v) is 2.32. The largest absolute Gasteiger partial charge is 0.390 e. The summed E-state index contributed by atoms with van der Waals surface area (Å²) in [4.78, 5) is 0. The lowest BCUT2D eigenvalue weighted by Gasteiger charge is -2.38. The van der Waals surface area contributed by atoms with E-state index in [1.54, 1.807) is 0 Å². The average Bonchev–Trinajstić information content (AvgIpc) is 2.02. The highest BCUT2D eigenvalue weighted by Crippen LogP contribution is 2.26. The van der Waals surface area contributed by atoms with Gasteiger partial charge in [-0.15, -0.1) is 0 Å². The van der Waals surface area contributed by atoms with Crippen LogP contribution in [-0.4, -0.2) is 34.6 Å². The van der Waals surface area contributed by atoms with E-state index < -0.39 is 12.2 Å². The van der Waals surface area contributed by atoms with E-state index in [9.17, 15) is 10.2 Å². The highest BCUT2D eigenvalue weighted by Gasteiger charge is 2.36. The van der Waals surface area contributed by atoms with Gasteiger partial charge < -0.3 is 14.9 Å². The van der Waals surface area contributed by atoms with Gasteiger partial charge in [-0.3, -0.25) is 0 Å². The summed E-state index contributed by atoms with van der Waals surface area (Å²) in [5.74, 6) is 0. The molecule has 0 saturated carbocycles. The number of aliphatic hydroxyl groups is 2. The van der Waals surface area contributed by atoms with Crippen molar-refractivity contribution in [3.63, 3.8) is 0 Å². The van der Waals surface area contributed by atoms with Crippen LogP contribution < -0.4 is 0 Å². The minimum Gasteiger partial charge on any atom is -0.390 e. The van der Waals surface area contributed by atoms with Crippen LogP contribution in [0.25, 0.3) is 0 Å². The van der Waals surface area contributed by atoms with Gasteiger partial charge in [0.15, 0.2) is 0 Å². The zero-order chi connectivity index (χ0) is 7.84. The zero-order valence-corrected chi connectivity index (χ0v) is 6.18. The van der Waals surface area contributed by atoms with Gasteiger partial charge in [0.25, 0.3) is 0 Å². The summed E-state index contributed by atoms with van der Waals surface area (Å²) in [6.07, 6.45) is 3.75. The second-order valence-corrected chi connectivity index (χ2v) is 3.17. The number of ether oxygens (including phenoxy) is 1. The van der Waals surface area contributed by atoms with Crippen LogP contribution in [-0.2, 0) is 4.74 Å². The van der Waals surface area contributed by atoms with Crippen molar-refractivity contribution >= 4 is 0 Å². The summed E-state index contributed by atoms with van der Waals surface area (Å²) in [6, 6.07) is 0. The van der Waals surface area contributed by atoms with Crippen molar-refractivity contribution < 1.29 is 14.9 Å². The molecule has 3 heteroatoms. The van der Waals surface area contributed by atoms with Gasteiger partial charge in [-0.2, -0.15) is 0 Å². The molecule has 3 nitrogen and oxygen atoms in total. The average molecular weight is 156 g/mol. The molecule has 2 aliphatic rings. The molecule has 0 spiro atoms. The summed E-state index contributed by atoms with van der Waals surface area (Å²) >= 11 is 0. The lowest BCUT2D eigenvalue weighted by molar-refractivity contribution is -0.155. The van der Waals surface area contributed by atoms with Crippen molar-refractivity contribution in [2.45, 2.75) is 37.3 Å².